The third-order valence-electron chi connectivity index (χ3n) is 4.96. The highest BCUT2D eigenvalue weighted by Crippen LogP contribution is 2.33. The zero-order chi connectivity index (χ0) is 17.2. The van der Waals surface area contributed by atoms with Crippen LogP contribution in [0.3, 0.4) is 0 Å². The van der Waals surface area contributed by atoms with Crippen molar-refractivity contribution in [2.24, 2.45) is 0 Å². The second kappa shape index (κ2) is 6.81. The van der Waals surface area contributed by atoms with Crippen molar-refractivity contribution in [2.75, 3.05) is 34.2 Å². The quantitative estimate of drug-likeness (QED) is 0.797. The lowest BCUT2D eigenvalue weighted by atomic mass is 10.0. The van der Waals surface area contributed by atoms with Crippen LogP contribution in [0.1, 0.15) is 24.8 Å². The molecular weight excluding hydrogens is 300 g/mol. The first-order valence-electron chi connectivity index (χ1n) is 8.72. The lowest BCUT2D eigenvalue weighted by molar-refractivity contribution is -0.926. The van der Waals surface area contributed by atoms with Gasteiger partial charge in [0.25, 0.3) is 0 Å². The number of hydrogen-bond acceptors (Lipinski definition) is 2. The third kappa shape index (κ3) is 3.54. The summed E-state index contributed by atoms with van der Waals surface area (Å²) in [7, 11) is 5.74. The Morgan fingerprint density at radius 3 is 2.50 bits per heavy atom. The number of hydrogen-bond donors (Lipinski definition) is 0. The minimum Gasteiger partial charge on any atom is -0.409 e. The SMILES string of the molecule is CN(C)C(=O)Oc1c(C[N+]2(C)CCCCC2)ccc2ccccc12. The van der Waals surface area contributed by atoms with Crippen molar-refractivity contribution in [3.8, 4) is 5.75 Å². The molecule has 128 valence electrons. The van der Waals surface area contributed by atoms with Crippen LogP contribution >= 0.6 is 0 Å². The number of fused-ring (bicyclic) bond motifs is 1. The van der Waals surface area contributed by atoms with Crippen LogP contribution in [0.15, 0.2) is 36.4 Å². The Morgan fingerprint density at radius 2 is 1.79 bits per heavy atom. The number of carbonyl (C=O) groups excluding carboxylic acids is 1. The van der Waals surface area contributed by atoms with E-state index in [-0.39, 0.29) is 6.09 Å². The van der Waals surface area contributed by atoms with Crippen LogP contribution in [0.4, 0.5) is 4.79 Å². The molecule has 0 atom stereocenters. The van der Waals surface area contributed by atoms with E-state index in [1.54, 1.807) is 14.1 Å². The molecule has 0 radical (unpaired) electrons. The normalized spacial score (nSPS) is 16.8. The van der Waals surface area contributed by atoms with E-state index in [0.29, 0.717) is 0 Å². The maximum absolute atomic E-state index is 12.2. The molecule has 1 fully saturated rings. The van der Waals surface area contributed by atoms with Crippen LogP contribution in [0.5, 0.6) is 5.75 Å². The van der Waals surface area contributed by atoms with Crippen molar-refractivity contribution in [1.29, 1.82) is 0 Å². The van der Waals surface area contributed by atoms with Crippen LogP contribution in [0, 0.1) is 0 Å². The summed E-state index contributed by atoms with van der Waals surface area (Å²) in [6, 6.07) is 12.4. The number of likely N-dealkylation sites (tertiary alicyclic amines) is 1. The topological polar surface area (TPSA) is 29.5 Å². The highest BCUT2D eigenvalue weighted by Gasteiger charge is 2.27. The first-order valence-corrected chi connectivity index (χ1v) is 8.72. The van der Waals surface area contributed by atoms with Crippen molar-refractivity contribution < 1.29 is 14.0 Å². The molecule has 3 rings (SSSR count). The smallest absolute Gasteiger partial charge is 0.409 e. The molecule has 0 aliphatic carbocycles. The van der Waals surface area contributed by atoms with Gasteiger partial charge in [-0.3, -0.25) is 0 Å². The molecule has 1 heterocycles. The number of rotatable bonds is 3. The minimum atomic E-state index is -0.325. The number of amides is 1. The predicted octanol–water partition coefficient (Wildman–Crippen LogP) is 4.03. The number of nitrogens with zero attached hydrogens (tertiary/aromatic N) is 2. The largest absolute Gasteiger partial charge is 0.414 e. The standard InChI is InChI=1S/C20H27N2O2/c1-21(2)20(23)24-19-17(15-22(3)13-7-4-8-14-22)12-11-16-9-5-6-10-18(16)19/h5-6,9-12H,4,7-8,13-15H2,1-3H3/q+1. The van der Waals surface area contributed by atoms with Crippen LogP contribution in [0.25, 0.3) is 10.8 Å². The molecule has 1 aliphatic heterocycles. The summed E-state index contributed by atoms with van der Waals surface area (Å²) >= 11 is 0. The van der Waals surface area contributed by atoms with Gasteiger partial charge in [-0.2, -0.15) is 0 Å². The summed E-state index contributed by atoms with van der Waals surface area (Å²) in [5, 5.41) is 2.11. The average Bonchev–Trinajstić information content (AvgIpc) is 2.57. The van der Waals surface area contributed by atoms with E-state index >= 15 is 0 Å². The molecule has 2 aromatic carbocycles. The molecule has 1 aliphatic rings. The van der Waals surface area contributed by atoms with E-state index in [0.717, 1.165) is 33.1 Å². The Bertz CT molecular complexity index is 733. The molecular formula is C20H27N2O2+. The summed E-state index contributed by atoms with van der Waals surface area (Å²) in [6.07, 6.45) is 3.55. The van der Waals surface area contributed by atoms with Gasteiger partial charge in [0, 0.05) is 25.0 Å². The van der Waals surface area contributed by atoms with Gasteiger partial charge in [0.05, 0.1) is 20.1 Å². The van der Waals surface area contributed by atoms with Gasteiger partial charge in [-0.15, -0.1) is 0 Å². The van der Waals surface area contributed by atoms with E-state index in [9.17, 15) is 4.79 Å². The van der Waals surface area contributed by atoms with E-state index in [1.165, 1.54) is 37.3 Å². The van der Waals surface area contributed by atoms with Crippen molar-refractivity contribution in [3.05, 3.63) is 42.0 Å². The highest BCUT2D eigenvalue weighted by atomic mass is 16.6. The fourth-order valence-electron chi connectivity index (χ4n) is 3.56. The molecule has 1 saturated heterocycles. The number of carbonyl (C=O) groups is 1. The Hall–Kier alpha value is -2.07. The Balaban J connectivity index is 2.01. The molecule has 0 saturated carbocycles. The molecule has 0 unspecified atom stereocenters. The van der Waals surface area contributed by atoms with Crippen molar-refractivity contribution in [2.45, 2.75) is 25.8 Å². The van der Waals surface area contributed by atoms with Gasteiger partial charge < -0.3 is 14.1 Å². The van der Waals surface area contributed by atoms with E-state index in [2.05, 4.69) is 25.2 Å². The maximum atomic E-state index is 12.2. The van der Waals surface area contributed by atoms with E-state index < -0.39 is 0 Å². The zero-order valence-corrected chi connectivity index (χ0v) is 14.9. The minimum absolute atomic E-state index is 0.325. The fourth-order valence-corrected chi connectivity index (χ4v) is 3.56. The third-order valence-corrected chi connectivity index (χ3v) is 4.96. The molecule has 4 nitrogen and oxygen atoms in total. The first kappa shape index (κ1) is 16.8. The van der Waals surface area contributed by atoms with Gasteiger partial charge in [0.2, 0.25) is 0 Å². The van der Waals surface area contributed by atoms with Gasteiger partial charge in [0.1, 0.15) is 12.3 Å². The average molecular weight is 327 g/mol. The molecule has 0 spiro atoms. The van der Waals surface area contributed by atoms with Crippen LogP contribution < -0.4 is 4.74 Å². The van der Waals surface area contributed by atoms with E-state index in [1.807, 2.05) is 18.2 Å². The Morgan fingerprint density at radius 1 is 1.08 bits per heavy atom. The van der Waals surface area contributed by atoms with Crippen LogP contribution in [0.2, 0.25) is 0 Å². The summed E-state index contributed by atoms with van der Waals surface area (Å²) in [5.74, 6) is 0.719. The molecule has 0 N–H and O–H groups in total. The van der Waals surface area contributed by atoms with Gasteiger partial charge in [-0.25, -0.2) is 4.79 Å². The molecule has 24 heavy (non-hydrogen) atoms. The summed E-state index contributed by atoms with van der Waals surface area (Å²) in [5.41, 5.74) is 1.12. The molecule has 0 aromatic heterocycles. The number of ether oxygens (including phenoxy) is 1. The highest BCUT2D eigenvalue weighted by molar-refractivity contribution is 5.91. The summed E-state index contributed by atoms with van der Waals surface area (Å²) in [4.78, 5) is 13.7. The second-order valence-electron chi connectivity index (χ2n) is 7.32. The Labute approximate surface area is 144 Å². The summed E-state index contributed by atoms with van der Waals surface area (Å²) in [6.45, 7) is 3.28. The lowest BCUT2D eigenvalue weighted by Crippen LogP contribution is -2.47. The molecule has 4 heteroatoms. The lowest BCUT2D eigenvalue weighted by Gasteiger charge is -2.38. The summed E-state index contributed by atoms with van der Waals surface area (Å²) < 4.78 is 6.80. The monoisotopic (exact) mass is 327 g/mol. The van der Waals surface area contributed by atoms with Crippen LogP contribution in [-0.2, 0) is 6.54 Å². The van der Waals surface area contributed by atoms with Gasteiger partial charge in [-0.1, -0.05) is 30.3 Å². The van der Waals surface area contributed by atoms with E-state index in [4.69, 9.17) is 4.74 Å². The zero-order valence-electron chi connectivity index (χ0n) is 14.9. The number of benzene rings is 2. The number of piperidine rings is 1. The molecule has 0 bridgehead atoms. The molecule has 2 aromatic rings. The second-order valence-corrected chi connectivity index (χ2v) is 7.32. The van der Waals surface area contributed by atoms with Gasteiger partial charge in [-0.05, 0) is 30.7 Å². The Kier molecular flexibility index (Phi) is 4.76. The maximum Gasteiger partial charge on any atom is 0.414 e. The molecule has 1 amide bonds. The first-order chi connectivity index (χ1) is 11.5. The van der Waals surface area contributed by atoms with Crippen LogP contribution in [-0.4, -0.2) is 49.7 Å². The van der Waals surface area contributed by atoms with Gasteiger partial charge in [0.15, 0.2) is 0 Å². The van der Waals surface area contributed by atoms with Crippen molar-refractivity contribution in [3.63, 3.8) is 0 Å². The fraction of sp³-hybridized carbons (Fsp3) is 0.450. The predicted molar refractivity (Wildman–Crippen MR) is 97.1 cm³/mol. The number of quaternary nitrogens is 1. The van der Waals surface area contributed by atoms with Crippen molar-refractivity contribution >= 4 is 16.9 Å². The van der Waals surface area contributed by atoms with Crippen molar-refractivity contribution in [1.82, 2.24) is 4.90 Å². The van der Waals surface area contributed by atoms with Gasteiger partial charge >= 0.3 is 6.09 Å².